The van der Waals surface area contributed by atoms with Crippen LogP contribution in [0.25, 0.3) is 0 Å². The minimum Gasteiger partial charge on any atom is -0.490 e. The zero-order valence-electron chi connectivity index (χ0n) is 18.8. The SMILES string of the molecule is CCCOc1ccc(C(=O)OCC(=O)c2c(N)n(CCC)c(=O)n(C)c2=O)cc1OCC. The predicted molar refractivity (Wildman–Crippen MR) is 119 cm³/mol. The lowest BCUT2D eigenvalue weighted by molar-refractivity contribution is 0.0473. The Balaban J connectivity index is 2.23. The summed E-state index contributed by atoms with van der Waals surface area (Å²) in [6, 6.07) is 4.55. The van der Waals surface area contributed by atoms with Crippen LogP contribution in [0.1, 0.15) is 54.3 Å². The summed E-state index contributed by atoms with van der Waals surface area (Å²) < 4.78 is 18.2. The molecule has 2 aromatic rings. The number of Topliss-reactive ketones (excluding diaryl/α,β-unsaturated/α-hetero) is 1. The van der Waals surface area contributed by atoms with Gasteiger partial charge >= 0.3 is 11.7 Å². The van der Waals surface area contributed by atoms with Gasteiger partial charge in [0.15, 0.2) is 18.1 Å². The van der Waals surface area contributed by atoms with Gasteiger partial charge in [-0.1, -0.05) is 13.8 Å². The standard InChI is InChI=1S/C22H29N3O7/c1-5-10-25-19(23)18(20(27)24(4)22(25)29)15(26)13-32-21(28)14-8-9-16(31-11-6-2)17(12-14)30-7-3/h8-9,12H,5-7,10-11,13,23H2,1-4H3. The molecule has 1 heterocycles. The number of ketones is 1. The molecule has 1 aromatic heterocycles. The van der Waals surface area contributed by atoms with Crippen molar-refractivity contribution < 1.29 is 23.8 Å². The van der Waals surface area contributed by atoms with Gasteiger partial charge in [0, 0.05) is 13.6 Å². The molecule has 0 aliphatic rings. The molecular weight excluding hydrogens is 418 g/mol. The highest BCUT2D eigenvalue weighted by molar-refractivity contribution is 6.02. The average molecular weight is 447 g/mol. The summed E-state index contributed by atoms with van der Waals surface area (Å²) >= 11 is 0. The molecule has 0 aliphatic heterocycles. The van der Waals surface area contributed by atoms with E-state index in [1.54, 1.807) is 13.0 Å². The molecular formula is C22H29N3O7. The zero-order valence-corrected chi connectivity index (χ0v) is 18.8. The average Bonchev–Trinajstić information content (AvgIpc) is 2.78. The highest BCUT2D eigenvalue weighted by Crippen LogP contribution is 2.29. The number of rotatable bonds is 11. The molecule has 2 rings (SSSR count). The number of hydrogen-bond donors (Lipinski definition) is 1. The Hall–Kier alpha value is -3.56. The number of ether oxygens (including phenoxy) is 3. The lowest BCUT2D eigenvalue weighted by Crippen LogP contribution is -2.43. The molecule has 0 amide bonds. The normalized spacial score (nSPS) is 10.6. The van der Waals surface area contributed by atoms with Gasteiger partial charge in [-0.25, -0.2) is 9.59 Å². The molecule has 0 radical (unpaired) electrons. The third kappa shape index (κ3) is 5.37. The quantitative estimate of drug-likeness (QED) is 0.407. The Morgan fingerprint density at radius 2 is 1.75 bits per heavy atom. The van der Waals surface area contributed by atoms with E-state index in [2.05, 4.69) is 0 Å². The first-order valence-corrected chi connectivity index (χ1v) is 10.5. The molecule has 0 saturated heterocycles. The van der Waals surface area contributed by atoms with E-state index < -0.39 is 29.6 Å². The highest BCUT2D eigenvalue weighted by Gasteiger charge is 2.23. The van der Waals surface area contributed by atoms with Crippen molar-refractivity contribution in [2.75, 3.05) is 25.6 Å². The van der Waals surface area contributed by atoms with Crippen LogP contribution in [0, 0.1) is 0 Å². The summed E-state index contributed by atoms with van der Waals surface area (Å²) in [4.78, 5) is 49.8. The number of aromatic nitrogens is 2. The molecule has 2 N–H and O–H groups in total. The third-order valence-corrected chi connectivity index (χ3v) is 4.58. The van der Waals surface area contributed by atoms with Gasteiger partial charge in [-0.05, 0) is 38.0 Å². The van der Waals surface area contributed by atoms with Crippen molar-refractivity contribution in [2.24, 2.45) is 7.05 Å². The van der Waals surface area contributed by atoms with Crippen LogP contribution < -0.4 is 26.5 Å². The molecule has 174 valence electrons. The Morgan fingerprint density at radius 1 is 1.03 bits per heavy atom. The van der Waals surface area contributed by atoms with E-state index in [9.17, 15) is 19.2 Å². The van der Waals surface area contributed by atoms with E-state index in [0.29, 0.717) is 31.1 Å². The van der Waals surface area contributed by atoms with Crippen molar-refractivity contribution in [2.45, 2.75) is 40.2 Å². The van der Waals surface area contributed by atoms with Crippen molar-refractivity contribution in [3.63, 3.8) is 0 Å². The number of nitrogen functional groups attached to an aromatic ring is 1. The summed E-state index contributed by atoms with van der Waals surface area (Å²) in [6.45, 7) is 6.00. The monoisotopic (exact) mass is 447 g/mol. The van der Waals surface area contributed by atoms with Gasteiger partial charge in [-0.3, -0.25) is 18.7 Å². The van der Waals surface area contributed by atoms with E-state index in [-0.39, 0.29) is 23.5 Å². The number of carbonyl (C=O) groups is 2. The molecule has 10 nitrogen and oxygen atoms in total. The second-order valence-electron chi connectivity index (χ2n) is 7.00. The zero-order chi connectivity index (χ0) is 23.8. The molecule has 10 heteroatoms. The maximum absolute atomic E-state index is 12.7. The summed E-state index contributed by atoms with van der Waals surface area (Å²) in [5.41, 5.74) is 4.25. The van der Waals surface area contributed by atoms with Gasteiger partial charge in [-0.2, -0.15) is 0 Å². The van der Waals surface area contributed by atoms with E-state index in [1.165, 1.54) is 19.2 Å². The molecule has 0 atom stereocenters. The minimum absolute atomic E-state index is 0.155. The van der Waals surface area contributed by atoms with Crippen LogP contribution in [0.5, 0.6) is 11.5 Å². The molecule has 0 bridgehead atoms. The topological polar surface area (TPSA) is 132 Å². The van der Waals surface area contributed by atoms with Crippen molar-refractivity contribution >= 4 is 17.6 Å². The number of anilines is 1. The van der Waals surface area contributed by atoms with Crippen LogP contribution in [0.3, 0.4) is 0 Å². The van der Waals surface area contributed by atoms with Gasteiger partial charge in [0.25, 0.3) is 5.56 Å². The number of benzene rings is 1. The van der Waals surface area contributed by atoms with Crippen LogP contribution in [-0.4, -0.2) is 40.7 Å². The molecule has 32 heavy (non-hydrogen) atoms. The molecule has 0 aliphatic carbocycles. The summed E-state index contributed by atoms with van der Waals surface area (Å²) in [6.07, 6.45) is 1.39. The van der Waals surface area contributed by atoms with Crippen LogP contribution in [0.2, 0.25) is 0 Å². The van der Waals surface area contributed by atoms with E-state index in [1.807, 2.05) is 13.8 Å². The Morgan fingerprint density at radius 3 is 2.38 bits per heavy atom. The van der Waals surface area contributed by atoms with Crippen LogP contribution >= 0.6 is 0 Å². The smallest absolute Gasteiger partial charge is 0.338 e. The van der Waals surface area contributed by atoms with Crippen molar-refractivity contribution in [3.8, 4) is 11.5 Å². The van der Waals surface area contributed by atoms with E-state index in [0.717, 1.165) is 15.6 Å². The van der Waals surface area contributed by atoms with Gasteiger partial charge in [0.05, 0.1) is 18.8 Å². The van der Waals surface area contributed by atoms with Gasteiger partial charge < -0.3 is 19.9 Å². The van der Waals surface area contributed by atoms with Crippen molar-refractivity contribution in [1.82, 2.24) is 9.13 Å². The molecule has 0 saturated carbocycles. The second kappa shape index (κ2) is 11.2. The number of hydrogen-bond acceptors (Lipinski definition) is 8. The number of esters is 1. The van der Waals surface area contributed by atoms with Gasteiger partial charge in [0.2, 0.25) is 5.78 Å². The first kappa shape index (κ1) is 24.7. The molecule has 1 aromatic carbocycles. The first-order valence-electron chi connectivity index (χ1n) is 10.5. The van der Waals surface area contributed by atoms with Gasteiger partial charge in [0.1, 0.15) is 11.4 Å². The van der Waals surface area contributed by atoms with Crippen molar-refractivity contribution in [3.05, 3.63) is 50.2 Å². The summed E-state index contributed by atoms with van der Waals surface area (Å²) in [5.74, 6) is -0.938. The highest BCUT2D eigenvalue weighted by atomic mass is 16.5. The molecule has 0 unspecified atom stereocenters. The van der Waals surface area contributed by atoms with E-state index in [4.69, 9.17) is 19.9 Å². The minimum atomic E-state index is -0.836. The number of nitrogens with zero attached hydrogens (tertiary/aromatic N) is 2. The summed E-state index contributed by atoms with van der Waals surface area (Å²) in [7, 11) is 1.26. The first-order chi connectivity index (χ1) is 15.3. The fraction of sp³-hybridized carbons (Fsp3) is 0.455. The van der Waals surface area contributed by atoms with Crippen LogP contribution in [0.4, 0.5) is 5.82 Å². The summed E-state index contributed by atoms with van der Waals surface area (Å²) in [5, 5.41) is 0. The maximum Gasteiger partial charge on any atom is 0.338 e. The predicted octanol–water partition coefficient (Wildman–Crippen LogP) is 1.77. The molecule has 0 fully saturated rings. The second-order valence-corrected chi connectivity index (χ2v) is 7.00. The lowest BCUT2D eigenvalue weighted by Gasteiger charge is -2.14. The fourth-order valence-corrected chi connectivity index (χ4v) is 3.01. The third-order valence-electron chi connectivity index (χ3n) is 4.58. The maximum atomic E-state index is 12.7. The van der Waals surface area contributed by atoms with Crippen LogP contribution in [0.15, 0.2) is 27.8 Å². The Kier molecular flexibility index (Phi) is 8.62. The number of carbonyl (C=O) groups excluding carboxylic acids is 2. The Labute approximate surface area is 185 Å². The van der Waals surface area contributed by atoms with Crippen molar-refractivity contribution in [1.29, 1.82) is 0 Å². The lowest BCUT2D eigenvalue weighted by atomic mass is 10.2. The molecule has 0 spiro atoms. The number of nitrogens with two attached hydrogens (primary N) is 1. The van der Waals surface area contributed by atoms with Gasteiger partial charge in [-0.15, -0.1) is 0 Å². The fourth-order valence-electron chi connectivity index (χ4n) is 3.01. The largest absolute Gasteiger partial charge is 0.490 e. The Bertz CT molecular complexity index is 1100. The van der Waals surface area contributed by atoms with E-state index >= 15 is 0 Å². The van der Waals surface area contributed by atoms with Crippen LogP contribution in [-0.2, 0) is 18.3 Å².